The summed E-state index contributed by atoms with van der Waals surface area (Å²) < 4.78 is 28.9. The Morgan fingerprint density at radius 3 is 2.62 bits per heavy atom. The van der Waals surface area contributed by atoms with Crippen LogP contribution in [0.2, 0.25) is 0 Å². The van der Waals surface area contributed by atoms with Crippen molar-refractivity contribution in [2.75, 3.05) is 0 Å². The average molecular weight is 361 g/mol. The SMILES string of the molecule is Cc1cnc2c(S(=O)(=O)NC(c3cccs3)C(C)C)cccc2c1. The molecule has 0 saturated heterocycles. The maximum atomic E-state index is 13.0. The van der Waals surface area contributed by atoms with Gasteiger partial charge >= 0.3 is 0 Å². The molecule has 1 atom stereocenters. The van der Waals surface area contributed by atoms with E-state index in [1.807, 2.05) is 50.4 Å². The van der Waals surface area contributed by atoms with Gasteiger partial charge in [0.2, 0.25) is 10.0 Å². The molecule has 4 nitrogen and oxygen atoms in total. The molecule has 2 heterocycles. The fourth-order valence-electron chi connectivity index (χ4n) is 2.68. The number of para-hydroxylation sites is 1. The second kappa shape index (κ2) is 6.63. The molecule has 0 aliphatic heterocycles. The minimum Gasteiger partial charge on any atom is -0.255 e. The van der Waals surface area contributed by atoms with Crippen LogP contribution in [-0.4, -0.2) is 13.4 Å². The molecule has 1 N–H and O–H groups in total. The highest BCUT2D eigenvalue weighted by Gasteiger charge is 2.26. The third-order valence-electron chi connectivity index (χ3n) is 3.90. The van der Waals surface area contributed by atoms with Crippen LogP contribution in [-0.2, 0) is 10.0 Å². The average Bonchev–Trinajstić information content (AvgIpc) is 3.05. The monoisotopic (exact) mass is 360 g/mol. The van der Waals surface area contributed by atoms with Crippen LogP contribution in [0.5, 0.6) is 0 Å². The van der Waals surface area contributed by atoms with Crippen molar-refractivity contribution in [2.45, 2.75) is 31.7 Å². The Labute approximate surface area is 146 Å². The summed E-state index contributed by atoms with van der Waals surface area (Å²) >= 11 is 1.56. The second-order valence-electron chi connectivity index (χ2n) is 6.20. The predicted molar refractivity (Wildman–Crippen MR) is 98.7 cm³/mol. The lowest BCUT2D eigenvalue weighted by molar-refractivity contribution is 0.469. The molecule has 24 heavy (non-hydrogen) atoms. The third-order valence-corrected chi connectivity index (χ3v) is 6.33. The first-order valence-corrected chi connectivity index (χ1v) is 10.2. The molecule has 0 saturated carbocycles. The largest absolute Gasteiger partial charge is 0.255 e. The molecule has 2 aromatic heterocycles. The van der Waals surface area contributed by atoms with Crippen LogP contribution in [0.1, 0.15) is 30.3 Å². The molecule has 3 rings (SSSR count). The first kappa shape index (κ1) is 17.1. The summed E-state index contributed by atoms with van der Waals surface area (Å²) in [4.78, 5) is 5.58. The first-order chi connectivity index (χ1) is 11.4. The molecular formula is C18H20N2O2S2. The van der Waals surface area contributed by atoms with Crippen LogP contribution in [0.4, 0.5) is 0 Å². The molecule has 3 aromatic rings. The van der Waals surface area contributed by atoms with E-state index in [1.165, 1.54) is 0 Å². The van der Waals surface area contributed by atoms with E-state index in [0.29, 0.717) is 5.52 Å². The molecule has 1 unspecified atom stereocenters. The molecule has 1 aromatic carbocycles. The Kier molecular flexibility index (Phi) is 4.71. The lowest BCUT2D eigenvalue weighted by atomic mass is 10.0. The van der Waals surface area contributed by atoms with Crippen molar-refractivity contribution < 1.29 is 8.42 Å². The van der Waals surface area contributed by atoms with Crippen molar-refractivity contribution >= 4 is 32.3 Å². The van der Waals surface area contributed by atoms with Crippen molar-refractivity contribution in [3.63, 3.8) is 0 Å². The van der Waals surface area contributed by atoms with E-state index in [1.54, 1.807) is 29.7 Å². The Morgan fingerprint density at radius 2 is 1.96 bits per heavy atom. The van der Waals surface area contributed by atoms with Gasteiger partial charge in [-0.15, -0.1) is 11.3 Å². The van der Waals surface area contributed by atoms with Gasteiger partial charge in [0.1, 0.15) is 4.90 Å². The Balaban J connectivity index is 2.05. The summed E-state index contributed by atoms with van der Waals surface area (Å²) in [6, 6.07) is 10.8. The van der Waals surface area contributed by atoms with Gasteiger partial charge in [-0.05, 0) is 42.0 Å². The molecular weight excluding hydrogens is 340 g/mol. The number of thiophene rings is 1. The van der Waals surface area contributed by atoms with E-state index in [4.69, 9.17) is 0 Å². The number of benzene rings is 1. The zero-order valence-corrected chi connectivity index (χ0v) is 15.5. The number of nitrogens with one attached hydrogen (secondary N) is 1. The van der Waals surface area contributed by atoms with E-state index in [2.05, 4.69) is 9.71 Å². The van der Waals surface area contributed by atoms with E-state index < -0.39 is 10.0 Å². The first-order valence-electron chi connectivity index (χ1n) is 7.79. The number of sulfonamides is 1. The van der Waals surface area contributed by atoms with E-state index in [0.717, 1.165) is 15.8 Å². The fourth-order valence-corrected chi connectivity index (χ4v) is 5.25. The highest BCUT2D eigenvalue weighted by atomic mass is 32.2. The van der Waals surface area contributed by atoms with Gasteiger partial charge in [-0.25, -0.2) is 13.1 Å². The van der Waals surface area contributed by atoms with E-state index >= 15 is 0 Å². The zero-order chi connectivity index (χ0) is 17.3. The number of hydrogen-bond acceptors (Lipinski definition) is 4. The second-order valence-corrected chi connectivity index (χ2v) is 8.86. The molecule has 0 aliphatic rings. The maximum absolute atomic E-state index is 13.0. The van der Waals surface area contributed by atoms with Crippen LogP contribution in [0.3, 0.4) is 0 Å². The lowest BCUT2D eigenvalue weighted by Crippen LogP contribution is -2.31. The number of rotatable bonds is 5. The van der Waals surface area contributed by atoms with Crippen LogP contribution >= 0.6 is 11.3 Å². The number of aryl methyl sites for hydroxylation is 1. The van der Waals surface area contributed by atoms with Crippen LogP contribution in [0, 0.1) is 12.8 Å². The summed E-state index contributed by atoms with van der Waals surface area (Å²) in [7, 11) is -3.68. The molecule has 126 valence electrons. The Morgan fingerprint density at radius 1 is 1.17 bits per heavy atom. The van der Waals surface area contributed by atoms with Gasteiger partial charge in [-0.2, -0.15) is 0 Å². The van der Waals surface area contributed by atoms with Gasteiger partial charge in [0.15, 0.2) is 0 Å². The molecule has 0 bridgehead atoms. The van der Waals surface area contributed by atoms with Crippen molar-refractivity contribution in [1.29, 1.82) is 0 Å². The van der Waals surface area contributed by atoms with Crippen molar-refractivity contribution in [3.05, 3.63) is 58.4 Å². The molecule has 0 spiro atoms. The Hall–Kier alpha value is -1.76. The quantitative estimate of drug-likeness (QED) is 0.739. The minimum absolute atomic E-state index is 0.142. The van der Waals surface area contributed by atoms with Gasteiger partial charge in [-0.1, -0.05) is 32.0 Å². The number of fused-ring (bicyclic) bond motifs is 1. The smallest absolute Gasteiger partial charge is 0.243 e. The van der Waals surface area contributed by atoms with Gasteiger partial charge in [0, 0.05) is 16.5 Å². The number of pyridine rings is 1. The molecule has 6 heteroatoms. The maximum Gasteiger partial charge on any atom is 0.243 e. The summed E-state index contributed by atoms with van der Waals surface area (Å²) in [5.41, 5.74) is 1.51. The minimum atomic E-state index is -3.68. The summed E-state index contributed by atoms with van der Waals surface area (Å²) in [6.45, 7) is 5.96. The van der Waals surface area contributed by atoms with Gasteiger partial charge < -0.3 is 0 Å². The zero-order valence-electron chi connectivity index (χ0n) is 13.9. The van der Waals surface area contributed by atoms with Crippen molar-refractivity contribution in [1.82, 2.24) is 9.71 Å². The van der Waals surface area contributed by atoms with Crippen LogP contribution < -0.4 is 4.72 Å². The summed E-state index contributed by atoms with van der Waals surface area (Å²) in [6.07, 6.45) is 1.69. The van der Waals surface area contributed by atoms with E-state index in [9.17, 15) is 8.42 Å². The van der Waals surface area contributed by atoms with Crippen molar-refractivity contribution in [3.8, 4) is 0 Å². The normalized spacial score (nSPS) is 13.5. The van der Waals surface area contributed by atoms with Gasteiger partial charge in [0.05, 0.1) is 11.6 Å². The fraction of sp³-hybridized carbons (Fsp3) is 0.278. The predicted octanol–water partition coefficient (Wildman–Crippen LogP) is 4.28. The van der Waals surface area contributed by atoms with Gasteiger partial charge in [0.25, 0.3) is 0 Å². The molecule has 0 radical (unpaired) electrons. The highest BCUT2D eigenvalue weighted by molar-refractivity contribution is 7.89. The van der Waals surface area contributed by atoms with E-state index in [-0.39, 0.29) is 16.9 Å². The molecule has 0 fully saturated rings. The molecule has 0 aliphatic carbocycles. The standard InChI is InChI=1S/C18H20N2O2S2/c1-12(2)17(15-7-5-9-23-15)20-24(21,22)16-8-4-6-14-10-13(3)11-19-18(14)16/h4-12,17,20H,1-3H3. The summed E-state index contributed by atoms with van der Waals surface area (Å²) in [5, 5.41) is 2.79. The number of nitrogens with zero attached hydrogens (tertiary/aromatic N) is 1. The van der Waals surface area contributed by atoms with Gasteiger partial charge in [-0.3, -0.25) is 4.98 Å². The lowest BCUT2D eigenvalue weighted by Gasteiger charge is -2.21. The van der Waals surface area contributed by atoms with Crippen molar-refractivity contribution in [2.24, 2.45) is 5.92 Å². The highest BCUT2D eigenvalue weighted by Crippen LogP contribution is 2.29. The molecule has 0 amide bonds. The third kappa shape index (κ3) is 3.36. The number of aromatic nitrogens is 1. The number of hydrogen-bond donors (Lipinski definition) is 1. The van der Waals surface area contributed by atoms with Crippen LogP contribution in [0.15, 0.2) is 52.9 Å². The topological polar surface area (TPSA) is 59.1 Å². The van der Waals surface area contributed by atoms with Crippen LogP contribution in [0.25, 0.3) is 10.9 Å². The Bertz CT molecular complexity index is 948. The summed E-state index contributed by atoms with van der Waals surface area (Å²) in [5.74, 6) is 0.142.